The molecule has 1 aliphatic rings. The molecule has 1 heteroatoms. The van der Waals surface area contributed by atoms with Crippen LogP contribution in [0.2, 0.25) is 0 Å². The van der Waals surface area contributed by atoms with Crippen LogP contribution in [0.1, 0.15) is 32.1 Å². The molecule has 24 heavy (non-hydrogen) atoms. The van der Waals surface area contributed by atoms with Gasteiger partial charge in [-0.1, -0.05) is 67.8 Å². The smallest absolute Gasteiger partial charge is 0.0446 e. The number of benzene rings is 4. The number of nitrogens with zero attached hydrogens (tertiary/aromatic N) is 1. The zero-order chi connectivity index (χ0) is 16.1. The zero-order valence-electron chi connectivity index (χ0n) is 14.3. The van der Waals surface area contributed by atoms with E-state index in [1.807, 2.05) is 0 Å². The molecule has 0 amide bonds. The minimum Gasteiger partial charge on any atom is -0.371 e. The van der Waals surface area contributed by atoms with Gasteiger partial charge in [0, 0.05) is 24.2 Å². The van der Waals surface area contributed by atoms with Crippen LogP contribution in [0, 0.1) is 0 Å². The lowest BCUT2D eigenvalue weighted by atomic mass is 9.91. The quantitative estimate of drug-likeness (QED) is 0.390. The Morgan fingerprint density at radius 1 is 0.708 bits per heavy atom. The normalized spacial score (nSPS) is 16.4. The molecule has 0 spiro atoms. The summed E-state index contributed by atoms with van der Waals surface area (Å²) in [5.74, 6) is 0. The number of hydrogen-bond donors (Lipinski definition) is 0. The summed E-state index contributed by atoms with van der Waals surface area (Å²) >= 11 is 0. The monoisotopic (exact) mass is 313 g/mol. The van der Waals surface area contributed by atoms with Crippen molar-refractivity contribution in [1.29, 1.82) is 0 Å². The van der Waals surface area contributed by atoms with Gasteiger partial charge in [-0.3, -0.25) is 0 Å². The second-order valence-corrected chi connectivity index (χ2v) is 7.34. The predicted octanol–water partition coefficient (Wildman–Crippen LogP) is 6.35. The molecule has 0 unspecified atom stereocenters. The molecule has 0 radical (unpaired) electrons. The first-order valence-corrected chi connectivity index (χ1v) is 9.22. The van der Waals surface area contributed by atoms with E-state index in [1.165, 1.54) is 70.1 Å². The summed E-state index contributed by atoms with van der Waals surface area (Å²) in [6.07, 6.45) is 6.82. The van der Waals surface area contributed by atoms with E-state index in [1.54, 1.807) is 0 Å². The molecule has 1 saturated carbocycles. The van der Waals surface area contributed by atoms with Gasteiger partial charge in [0.25, 0.3) is 0 Å². The maximum Gasteiger partial charge on any atom is 0.0446 e. The molecule has 0 N–H and O–H groups in total. The molecule has 0 saturated heterocycles. The van der Waals surface area contributed by atoms with Crippen LogP contribution < -0.4 is 4.90 Å². The highest BCUT2D eigenvalue weighted by Gasteiger charge is 2.20. The summed E-state index contributed by atoms with van der Waals surface area (Å²) in [7, 11) is 2.29. The Bertz CT molecular complexity index is 995. The number of rotatable bonds is 2. The maximum atomic E-state index is 2.55. The molecular formula is C23H23N. The van der Waals surface area contributed by atoms with Crippen LogP contribution in [0.5, 0.6) is 0 Å². The van der Waals surface area contributed by atoms with Gasteiger partial charge in [0.05, 0.1) is 0 Å². The standard InChI is InChI=1S/C23H23N/c1-24(19-8-3-2-4-9-19)21-15-13-18-11-10-16-6-5-7-17-12-14-20(21)23(18)22(16)17/h5-7,10-15,19H,2-4,8-9H2,1H3. The Morgan fingerprint density at radius 3 is 2.08 bits per heavy atom. The Kier molecular flexibility index (Phi) is 3.16. The van der Waals surface area contributed by atoms with Crippen LogP contribution in [-0.2, 0) is 0 Å². The minimum absolute atomic E-state index is 0.692. The molecule has 1 nitrogen and oxygen atoms in total. The van der Waals surface area contributed by atoms with Crippen molar-refractivity contribution in [1.82, 2.24) is 0 Å². The fourth-order valence-electron chi connectivity index (χ4n) is 4.69. The summed E-state index contributed by atoms with van der Waals surface area (Å²) in [6, 6.07) is 21.1. The first kappa shape index (κ1) is 14.1. The lowest BCUT2D eigenvalue weighted by Gasteiger charge is -2.34. The summed E-state index contributed by atoms with van der Waals surface area (Å²) in [5, 5.41) is 8.32. The van der Waals surface area contributed by atoms with E-state index in [0.717, 1.165) is 0 Å². The van der Waals surface area contributed by atoms with Crippen molar-refractivity contribution in [3.63, 3.8) is 0 Å². The predicted molar refractivity (Wildman–Crippen MR) is 105 cm³/mol. The third kappa shape index (κ3) is 2.00. The summed E-state index contributed by atoms with van der Waals surface area (Å²) < 4.78 is 0. The average Bonchev–Trinajstić information content (AvgIpc) is 2.66. The van der Waals surface area contributed by atoms with Crippen molar-refractivity contribution >= 4 is 38.0 Å². The van der Waals surface area contributed by atoms with Gasteiger partial charge in [0.1, 0.15) is 0 Å². The Morgan fingerprint density at radius 2 is 1.33 bits per heavy atom. The van der Waals surface area contributed by atoms with Crippen molar-refractivity contribution in [3.05, 3.63) is 54.6 Å². The molecule has 1 fully saturated rings. The van der Waals surface area contributed by atoms with E-state index in [0.29, 0.717) is 6.04 Å². The Hall–Kier alpha value is -2.28. The van der Waals surface area contributed by atoms with Crippen molar-refractivity contribution in [2.75, 3.05) is 11.9 Å². The highest BCUT2D eigenvalue weighted by molar-refractivity contribution is 6.25. The molecule has 1 aliphatic carbocycles. The van der Waals surface area contributed by atoms with Gasteiger partial charge >= 0.3 is 0 Å². The molecule has 5 rings (SSSR count). The third-order valence-corrected chi connectivity index (χ3v) is 6.01. The van der Waals surface area contributed by atoms with Gasteiger partial charge in [0.2, 0.25) is 0 Å². The van der Waals surface area contributed by atoms with Crippen molar-refractivity contribution < 1.29 is 0 Å². The van der Waals surface area contributed by atoms with Crippen molar-refractivity contribution in [2.45, 2.75) is 38.1 Å². The van der Waals surface area contributed by atoms with Crippen molar-refractivity contribution in [3.8, 4) is 0 Å². The van der Waals surface area contributed by atoms with Gasteiger partial charge in [0.15, 0.2) is 0 Å². The topological polar surface area (TPSA) is 3.24 Å². The molecule has 0 aliphatic heterocycles. The van der Waals surface area contributed by atoms with E-state index >= 15 is 0 Å². The first-order valence-electron chi connectivity index (χ1n) is 9.22. The van der Waals surface area contributed by atoms with Gasteiger partial charge in [-0.05, 0) is 45.8 Å². The SMILES string of the molecule is CN(c1ccc2ccc3cccc4ccc1c2c34)C1CCCCC1. The van der Waals surface area contributed by atoms with Crippen LogP contribution >= 0.6 is 0 Å². The molecule has 0 aromatic heterocycles. The average molecular weight is 313 g/mol. The fraction of sp³-hybridized carbons (Fsp3) is 0.304. The third-order valence-electron chi connectivity index (χ3n) is 6.01. The van der Waals surface area contributed by atoms with E-state index in [9.17, 15) is 0 Å². The van der Waals surface area contributed by atoms with Gasteiger partial charge < -0.3 is 4.90 Å². The van der Waals surface area contributed by atoms with E-state index < -0.39 is 0 Å². The van der Waals surface area contributed by atoms with E-state index in [4.69, 9.17) is 0 Å². The van der Waals surface area contributed by atoms with E-state index in [-0.39, 0.29) is 0 Å². The number of hydrogen-bond acceptors (Lipinski definition) is 1. The summed E-state index contributed by atoms with van der Waals surface area (Å²) in [5.41, 5.74) is 1.40. The minimum atomic E-state index is 0.692. The second kappa shape index (κ2) is 5.37. The second-order valence-electron chi connectivity index (χ2n) is 7.34. The molecule has 0 atom stereocenters. The zero-order valence-corrected chi connectivity index (χ0v) is 14.3. The van der Waals surface area contributed by atoms with Gasteiger partial charge in [-0.2, -0.15) is 0 Å². The fourth-order valence-corrected chi connectivity index (χ4v) is 4.69. The van der Waals surface area contributed by atoms with Crippen LogP contribution in [0.4, 0.5) is 5.69 Å². The largest absolute Gasteiger partial charge is 0.371 e. The summed E-state index contributed by atoms with van der Waals surface area (Å²) in [4.78, 5) is 2.55. The van der Waals surface area contributed by atoms with Crippen molar-refractivity contribution in [2.24, 2.45) is 0 Å². The molecule has 4 aromatic rings. The Labute approximate surface area is 143 Å². The molecule has 120 valence electrons. The lowest BCUT2D eigenvalue weighted by Crippen LogP contribution is -2.33. The molecule has 0 heterocycles. The molecule has 0 bridgehead atoms. The van der Waals surface area contributed by atoms with Gasteiger partial charge in [-0.15, -0.1) is 0 Å². The van der Waals surface area contributed by atoms with Crippen LogP contribution in [0.25, 0.3) is 32.3 Å². The Balaban J connectivity index is 1.77. The number of anilines is 1. The van der Waals surface area contributed by atoms with Crippen LogP contribution in [0.15, 0.2) is 54.6 Å². The molecular weight excluding hydrogens is 290 g/mol. The highest BCUT2D eigenvalue weighted by atomic mass is 15.1. The maximum absolute atomic E-state index is 2.55. The first-order chi connectivity index (χ1) is 11.8. The van der Waals surface area contributed by atoms with E-state index in [2.05, 4.69) is 66.5 Å². The van der Waals surface area contributed by atoms with Crippen LogP contribution in [-0.4, -0.2) is 13.1 Å². The summed E-state index contributed by atoms with van der Waals surface area (Å²) in [6.45, 7) is 0. The molecule has 4 aromatic carbocycles. The lowest BCUT2D eigenvalue weighted by molar-refractivity contribution is 0.428. The van der Waals surface area contributed by atoms with Crippen LogP contribution in [0.3, 0.4) is 0 Å². The van der Waals surface area contributed by atoms with Gasteiger partial charge in [-0.25, -0.2) is 0 Å². The highest BCUT2D eigenvalue weighted by Crippen LogP contribution is 2.39.